The van der Waals surface area contributed by atoms with Crippen molar-refractivity contribution in [2.45, 2.75) is 51.1 Å². The number of hydrogen-bond donors (Lipinski definition) is 4. The van der Waals surface area contributed by atoms with Gasteiger partial charge in [-0.25, -0.2) is 10.1 Å². The summed E-state index contributed by atoms with van der Waals surface area (Å²) < 4.78 is 0. The SMILES string of the molecule is NC(=O)[C@@H](CCCNC(N)=N[N+](=O)[O-])N(Cc1ccc(O)cc1)C(=O)CCN1CCCCC1. The number of aromatic hydroxyl groups is 1. The number of carbonyl (C=O) groups is 2. The average Bonchev–Trinajstić information content (AvgIpc) is 2.77. The summed E-state index contributed by atoms with van der Waals surface area (Å²) in [6.07, 6.45) is 4.33. The van der Waals surface area contributed by atoms with Crippen molar-refractivity contribution in [1.82, 2.24) is 15.1 Å². The van der Waals surface area contributed by atoms with E-state index in [1.165, 1.54) is 23.5 Å². The molecule has 0 radical (unpaired) electrons. The van der Waals surface area contributed by atoms with E-state index in [0.717, 1.165) is 31.5 Å². The van der Waals surface area contributed by atoms with E-state index in [0.29, 0.717) is 13.0 Å². The lowest BCUT2D eigenvalue weighted by Crippen LogP contribution is -2.48. The van der Waals surface area contributed by atoms with E-state index < -0.39 is 17.0 Å². The Morgan fingerprint density at radius 1 is 1.21 bits per heavy atom. The van der Waals surface area contributed by atoms with Gasteiger partial charge in [-0.15, -0.1) is 0 Å². The molecule has 1 atom stereocenters. The highest BCUT2D eigenvalue weighted by molar-refractivity contribution is 5.86. The van der Waals surface area contributed by atoms with Crippen LogP contribution in [0.5, 0.6) is 5.75 Å². The zero-order valence-electron chi connectivity index (χ0n) is 18.7. The lowest BCUT2D eigenvalue weighted by atomic mass is 10.1. The molecule has 0 unspecified atom stereocenters. The van der Waals surface area contributed by atoms with Crippen LogP contribution in [0.3, 0.4) is 0 Å². The Hall–Kier alpha value is -3.41. The maximum Gasteiger partial charge on any atom is 0.266 e. The lowest BCUT2D eigenvalue weighted by molar-refractivity contribution is -0.485. The molecule has 12 nitrogen and oxygen atoms in total. The first-order chi connectivity index (χ1) is 15.8. The largest absolute Gasteiger partial charge is 0.508 e. The fraction of sp³-hybridized carbons (Fsp3) is 0.571. The van der Waals surface area contributed by atoms with Gasteiger partial charge >= 0.3 is 0 Å². The van der Waals surface area contributed by atoms with Crippen LogP contribution in [-0.4, -0.2) is 69.9 Å². The molecular weight excluding hydrogens is 430 g/mol. The van der Waals surface area contributed by atoms with Gasteiger partial charge in [0.2, 0.25) is 11.8 Å². The second-order valence-corrected chi connectivity index (χ2v) is 8.05. The fourth-order valence-corrected chi connectivity index (χ4v) is 3.84. The van der Waals surface area contributed by atoms with Gasteiger partial charge < -0.3 is 31.7 Å². The van der Waals surface area contributed by atoms with Gasteiger partial charge in [-0.2, -0.15) is 0 Å². The molecule has 1 aliphatic rings. The smallest absolute Gasteiger partial charge is 0.266 e. The maximum absolute atomic E-state index is 13.2. The Kier molecular flexibility index (Phi) is 10.3. The molecule has 0 bridgehead atoms. The van der Waals surface area contributed by atoms with Crippen molar-refractivity contribution in [3.63, 3.8) is 0 Å². The molecule has 0 aromatic heterocycles. The molecular formula is C21H33N7O5. The molecule has 2 rings (SSSR count). The van der Waals surface area contributed by atoms with Crippen LogP contribution in [0.4, 0.5) is 0 Å². The molecule has 0 aliphatic carbocycles. The summed E-state index contributed by atoms with van der Waals surface area (Å²) in [6, 6.07) is 5.56. The molecule has 33 heavy (non-hydrogen) atoms. The molecule has 1 aromatic carbocycles. The van der Waals surface area contributed by atoms with E-state index in [2.05, 4.69) is 15.3 Å². The predicted octanol–water partition coefficient (Wildman–Crippen LogP) is 0.327. The highest BCUT2D eigenvalue weighted by Crippen LogP contribution is 2.17. The van der Waals surface area contributed by atoms with Crippen LogP contribution in [0, 0.1) is 10.1 Å². The van der Waals surface area contributed by atoms with E-state index in [1.807, 2.05) is 0 Å². The molecule has 2 amide bonds. The molecule has 1 aromatic rings. The summed E-state index contributed by atoms with van der Waals surface area (Å²) in [5, 5.41) is 24.5. The average molecular weight is 464 g/mol. The second-order valence-electron chi connectivity index (χ2n) is 8.05. The molecule has 1 saturated heterocycles. The predicted molar refractivity (Wildman–Crippen MR) is 122 cm³/mol. The summed E-state index contributed by atoms with van der Waals surface area (Å²) in [5.74, 6) is -1.05. The van der Waals surface area contributed by atoms with Crippen LogP contribution in [0.15, 0.2) is 29.4 Å². The number of hydrogen-bond acceptors (Lipinski definition) is 6. The van der Waals surface area contributed by atoms with Gasteiger partial charge in [-0.1, -0.05) is 18.6 Å². The molecule has 1 heterocycles. The number of guanidine groups is 1. The second kappa shape index (κ2) is 13.2. The quantitative estimate of drug-likeness (QED) is 0.112. The zero-order valence-corrected chi connectivity index (χ0v) is 18.7. The van der Waals surface area contributed by atoms with Gasteiger partial charge in [0, 0.05) is 26.1 Å². The molecule has 1 aliphatic heterocycles. The number of rotatable bonds is 12. The number of nitrogens with two attached hydrogens (primary N) is 2. The van der Waals surface area contributed by atoms with E-state index in [1.54, 1.807) is 12.1 Å². The normalized spacial score (nSPS) is 15.6. The number of nitrogens with one attached hydrogen (secondary N) is 1. The number of likely N-dealkylation sites (tertiary alicyclic amines) is 1. The Labute approximate surface area is 192 Å². The number of nitrogens with zero attached hydrogens (tertiary/aromatic N) is 4. The van der Waals surface area contributed by atoms with Crippen LogP contribution in [0.25, 0.3) is 0 Å². The number of carbonyl (C=O) groups excluding carboxylic acids is 2. The van der Waals surface area contributed by atoms with Crippen molar-refractivity contribution in [3.05, 3.63) is 39.9 Å². The number of piperidine rings is 1. The fourth-order valence-electron chi connectivity index (χ4n) is 3.84. The number of nitro groups is 1. The highest BCUT2D eigenvalue weighted by atomic mass is 16.7. The van der Waals surface area contributed by atoms with Crippen molar-refractivity contribution < 1.29 is 19.7 Å². The topological polar surface area (TPSA) is 180 Å². The summed E-state index contributed by atoms with van der Waals surface area (Å²) in [6.45, 7) is 2.94. The third-order valence-corrected chi connectivity index (χ3v) is 5.55. The van der Waals surface area contributed by atoms with Gasteiger partial charge in [0.1, 0.15) is 16.9 Å². The molecule has 12 heteroatoms. The first-order valence-electron chi connectivity index (χ1n) is 11.1. The third kappa shape index (κ3) is 9.31. The van der Waals surface area contributed by atoms with Crippen LogP contribution >= 0.6 is 0 Å². The minimum Gasteiger partial charge on any atom is -0.508 e. The van der Waals surface area contributed by atoms with Crippen LogP contribution in [0.2, 0.25) is 0 Å². The lowest BCUT2D eigenvalue weighted by Gasteiger charge is -2.32. The van der Waals surface area contributed by atoms with E-state index >= 15 is 0 Å². The Morgan fingerprint density at radius 3 is 2.48 bits per heavy atom. The Balaban J connectivity index is 2.06. The van der Waals surface area contributed by atoms with Crippen molar-refractivity contribution in [1.29, 1.82) is 0 Å². The van der Waals surface area contributed by atoms with Gasteiger partial charge in [0.05, 0.1) is 0 Å². The van der Waals surface area contributed by atoms with Crippen molar-refractivity contribution in [3.8, 4) is 5.75 Å². The van der Waals surface area contributed by atoms with Crippen molar-refractivity contribution in [2.24, 2.45) is 16.6 Å². The highest BCUT2D eigenvalue weighted by Gasteiger charge is 2.28. The van der Waals surface area contributed by atoms with Gasteiger partial charge in [-0.3, -0.25) is 9.59 Å². The number of amides is 2. The van der Waals surface area contributed by atoms with Crippen LogP contribution < -0.4 is 16.8 Å². The van der Waals surface area contributed by atoms with E-state index in [-0.39, 0.29) is 43.5 Å². The van der Waals surface area contributed by atoms with Crippen molar-refractivity contribution in [2.75, 3.05) is 26.2 Å². The minimum absolute atomic E-state index is 0.105. The number of hydrazone groups is 1. The molecule has 182 valence electrons. The first kappa shape index (κ1) is 25.8. The Morgan fingerprint density at radius 2 is 1.88 bits per heavy atom. The van der Waals surface area contributed by atoms with E-state index in [9.17, 15) is 24.8 Å². The summed E-state index contributed by atoms with van der Waals surface area (Å²) in [4.78, 5) is 39.5. The molecule has 6 N–H and O–H groups in total. The number of primary amides is 1. The summed E-state index contributed by atoms with van der Waals surface area (Å²) in [5.41, 5.74) is 11.8. The summed E-state index contributed by atoms with van der Waals surface area (Å²) >= 11 is 0. The number of benzene rings is 1. The van der Waals surface area contributed by atoms with Gasteiger partial charge in [-0.05, 0) is 56.5 Å². The Bertz CT molecular complexity index is 825. The molecule has 1 fully saturated rings. The van der Waals surface area contributed by atoms with E-state index in [4.69, 9.17) is 11.5 Å². The minimum atomic E-state index is -0.908. The zero-order chi connectivity index (χ0) is 24.2. The number of phenols is 1. The number of phenolic OH excluding ortho intramolecular Hbond substituents is 1. The van der Waals surface area contributed by atoms with Crippen LogP contribution in [-0.2, 0) is 16.1 Å². The maximum atomic E-state index is 13.2. The van der Waals surface area contributed by atoms with Crippen molar-refractivity contribution >= 4 is 17.8 Å². The van der Waals surface area contributed by atoms with Crippen LogP contribution in [0.1, 0.15) is 44.1 Å². The standard InChI is InChI=1S/C21H33N7O5/c22-20(31)18(5-4-11-24-21(23)25-28(32)33)27(15-16-6-8-17(29)9-7-16)19(30)10-14-26-12-2-1-3-13-26/h6-9,18,29H,1-5,10-15H2,(H2,22,31)(H3,23,24,25)/t18-/m1/s1. The van der Waals surface area contributed by atoms with Gasteiger partial charge in [0.15, 0.2) is 5.03 Å². The third-order valence-electron chi connectivity index (χ3n) is 5.55. The molecule has 0 spiro atoms. The molecule has 0 saturated carbocycles. The summed E-state index contributed by atoms with van der Waals surface area (Å²) in [7, 11) is 0. The van der Waals surface area contributed by atoms with Gasteiger partial charge in [0.25, 0.3) is 5.96 Å². The monoisotopic (exact) mass is 463 g/mol. The first-order valence-corrected chi connectivity index (χ1v) is 11.1.